The van der Waals surface area contributed by atoms with Crippen molar-refractivity contribution in [2.75, 3.05) is 4.90 Å². The molecule has 0 N–H and O–H groups in total. The van der Waals surface area contributed by atoms with Gasteiger partial charge in [-0.1, -0.05) is 81.4 Å². The Hall–Kier alpha value is -5.68. The first-order valence-electron chi connectivity index (χ1n) is 15.2. The quantitative estimate of drug-likeness (QED) is 0.207. The van der Waals surface area contributed by atoms with Gasteiger partial charge in [-0.05, 0) is 65.6 Å². The van der Waals surface area contributed by atoms with Crippen LogP contribution in [0.4, 0.5) is 17.1 Å². The molecular formula is C40H32N4O. The molecule has 0 radical (unpaired) electrons. The molecular weight excluding hydrogens is 552 g/mol. The number of aliphatic imine (C=N–C) groups is 1. The fourth-order valence-electron chi connectivity index (χ4n) is 6.21. The van der Waals surface area contributed by atoms with Gasteiger partial charge in [0, 0.05) is 40.2 Å². The van der Waals surface area contributed by atoms with Gasteiger partial charge >= 0.3 is 0 Å². The number of nitrogens with zero attached hydrogens (tertiary/aromatic N) is 4. The number of aromatic nitrogens is 2. The molecule has 8 rings (SSSR count). The molecule has 1 aliphatic heterocycles. The third-order valence-electron chi connectivity index (χ3n) is 8.49. The van der Waals surface area contributed by atoms with Crippen LogP contribution in [0.1, 0.15) is 26.3 Å². The van der Waals surface area contributed by atoms with Crippen LogP contribution in [0.25, 0.3) is 38.8 Å². The number of para-hydroxylation sites is 3. The Bertz CT molecular complexity index is 2260. The first kappa shape index (κ1) is 26.9. The maximum Gasteiger partial charge on any atom is 0.137 e. The van der Waals surface area contributed by atoms with E-state index in [-0.39, 0.29) is 5.41 Å². The van der Waals surface area contributed by atoms with Crippen LogP contribution in [0.5, 0.6) is 11.5 Å². The van der Waals surface area contributed by atoms with E-state index in [1.807, 2.05) is 36.8 Å². The fraction of sp³-hybridized carbons (Fsp3) is 0.100. The molecule has 0 fully saturated rings. The van der Waals surface area contributed by atoms with Crippen LogP contribution < -0.4 is 9.64 Å². The second-order valence-electron chi connectivity index (χ2n) is 12.4. The Balaban J connectivity index is 1.20. The van der Waals surface area contributed by atoms with Gasteiger partial charge in [0.15, 0.2) is 0 Å². The lowest BCUT2D eigenvalue weighted by Crippen LogP contribution is -2.14. The van der Waals surface area contributed by atoms with Crippen molar-refractivity contribution in [3.8, 4) is 28.4 Å². The van der Waals surface area contributed by atoms with E-state index >= 15 is 0 Å². The van der Waals surface area contributed by atoms with E-state index in [0.29, 0.717) is 0 Å². The van der Waals surface area contributed by atoms with Crippen molar-refractivity contribution in [1.82, 2.24) is 9.55 Å². The molecule has 0 aliphatic carbocycles. The monoisotopic (exact) mass is 584 g/mol. The van der Waals surface area contributed by atoms with Crippen LogP contribution in [0.2, 0.25) is 0 Å². The van der Waals surface area contributed by atoms with Gasteiger partial charge in [0.1, 0.15) is 23.7 Å². The van der Waals surface area contributed by atoms with E-state index < -0.39 is 0 Å². The number of pyridine rings is 1. The van der Waals surface area contributed by atoms with Crippen LogP contribution in [-0.4, -0.2) is 15.9 Å². The number of benzene rings is 5. The highest BCUT2D eigenvalue weighted by Crippen LogP contribution is 2.42. The molecule has 0 bridgehead atoms. The molecule has 0 unspecified atom stereocenters. The maximum absolute atomic E-state index is 6.56. The number of fused-ring (bicyclic) bond motifs is 6. The zero-order chi connectivity index (χ0) is 30.5. The van der Waals surface area contributed by atoms with Crippen LogP contribution in [-0.2, 0) is 5.41 Å². The summed E-state index contributed by atoms with van der Waals surface area (Å²) < 4.78 is 8.80. The van der Waals surface area contributed by atoms with Gasteiger partial charge in [-0.3, -0.25) is 4.57 Å². The van der Waals surface area contributed by atoms with E-state index in [1.54, 1.807) is 0 Å². The van der Waals surface area contributed by atoms with Crippen molar-refractivity contribution in [3.63, 3.8) is 0 Å². The Morgan fingerprint density at radius 2 is 1.38 bits per heavy atom. The molecule has 0 saturated heterocycles. The molecule has 7 aromatic rings. The molecule has 2 aromatic heterocycles. The minimum absolute atomic E-state index is 0.0110. The number of anilines is 2. The highest BCUT2D eigenvalue weighted by atomic mass is 16.5. The second kappa shape index (κ2) is 10.5. The molecule has 5 nitrogen and oxygen atoms in total. The molecule has 5 heteroatoms. The molecule has 0 saturated carbocycles. The summed E-state index contributed by atoms with van der Waals surface area (Å²) in [6.45, 7) is 6.69. The summed E-state index contributed by atoms with van der Waals surface area (Å²) in [4.78, 5) is 11.8. The summed E-state index contributed by atoms with van der Waals surface area (Å²) in [5, 5.41) is 2.34. The zero-order valence-corrected chi connectivity index (χ0v) is 25.5. The Morgan fingerprint density at radius 1 is 0.622 bits per heavy atom. The van der Waals surface area contributed by atoms with Gasteiger partial charge < -0.3 is 9.64 Å². The zero-order valence-electron chi connectivity index (χ0n) is 25.5. The van der Waals surface area contributed by atoms with Crippen molar-refractivity contribution in [3.05, 3.63) is 139 Å². The van der Waals surface area contributed by atoms with E-state index in [2.05, 4.69) is 133 Å². The topological polar surface area (TPSA) is 42.6 Å². The molecule has 45 heavy (non-hydrogen) atoms. The summed E-state index contributed by atoms with van der Waals surface area (Å²) >= 11 is 0. The highest BCUT2D eigenvalue weighted by molar-refractivity contribution is 6.09. The van der Waals surface area contributed by atoms with Crippen molar-refractivity contribution in [1.29, 1.82) is 0 Å². The fourth-order valence-corrected chi connectivity index (χ4v) is 6.21. The highest BCUT2D eigenvalue weighted by Gasteiger charge is 2.20. The Kier molecular flexibility index (Phi) is 6.27. The van der Waals surface area contributed by atoms with E-state index in [4.69, 9.17) is 14.7 Å². The smallest absolute Gasteiger partial charge is 0.137 e. The minimum Gasteiger partial charge on any atom is -0.457 e. The standard InChI is InChI=1S/C40H32N4O/c1-40(2,3)27-21-22-41-39(23-27)44-37-18-9-6-15-33(37)34-20-19-30(25-38(34)44)45-29-12-10-11-28(24-29)43-26-42-35-16-7-4-13-31(35)32-14-5-8-17-36(32)43/h4-26H,1-3H3. The predicted octanol–water partition coefficient (Wildman–Crippen LogP) is 10.7. The lowest BCUT2D eigenvalue weighted by molar-refractivity contribution is 0.483. The summed E-state index contributed by atoms with van der Waals surface area (Å²) in [5.74, 6) is 2.40. The van der Waals surface area contributed by atoms with Crippen molar-refractivity contribution in [2.45, 2.75) is 26.2 Å². The third kappa shape index (κ3) is 4.74. The van der Waals surface area contributed by atoms with Gasteiger partial charge in [0.2, 0.25) is 0 Å². The van der Waals surface area contributed by atoms with Gasteiger partial charge in [-0.15, -0.1) is 0 Å². The van der Waals surface area contributed by atoms with Crippen LogP contribution in [0.15, 0.2) is 139 Å². The summed E-state index contributed by atoms with van der Waals surface area (Å²) in [6.07, 6.45) is 3.80. The van der Waals surface area contributed by atoms with Crippen LogP contribution >= 0.6 is 0 Å². The third-order valence-corrected chi connectivity index (χ3v) is 8.49. The summed E-state index contributed by atoms with van der Waals surface area (Å²) in [5.41, 5.74) is 8.66. The van der Waals surface area contributed by atoms with E-state index in [0.717, 1.165) is 61.9 Å². The normalized spacial score (nSPS) is 12.6. The van der Waals surface area contributed by atoms with Crippen molar-refractivity contribution < 1.29 is 4.74 Å². The second-order valence-corrected chi connectivity index (χ2v) is 12.4. The summed E-state index contributed by atoms with van der Waals surface area (Å²) in [6, 6.07) is 43.9. The van der Waals surface area contributed by atoms with E-state index in [1.165, 1.54) is 10.9 Å². The summed E-state index contributed by atoms with van der Waals surface area (Å²) in [7, 11) is 0. The molecule has 0 atom stereocenters. The molecule has 0 amide bonds. The first-order valence-corrected chi connectivity index (χ1v) is 15.2. The molecule has 218 valence electrons. The number of hydrogen-bond acceptors (Lipinski definition) is 4. The molecule has 1 aliphatic rings. The Morgan fingerprint density at radius 3 is 2.27 bits per heavy atom. The largest absolute Gasteiger partial charge is 0.457 e. The number of ether oxygens (including phenoxy) is 1. The average Bonchev–Trinajstić information content (AvgIpc) is 3.28. The number of hydrogen-bond donors (Lipinski definition) is 0. The SMILES string of the molecule is CC(C)(C)c1ccnc(-n2c3ccccc3c3ccc(Oc4cccc(N5C=Nc6ccccc6-c6ccccc65)c4)cc32)c1. The molecule has 3 heterocycles. The lowest BCUT2D eigenvalue weighted by Gasteiger charge is -2.22. The van der Waals surface area contributed by atoms with Crippen LogP contribution in [0.3, 0.4) is 0 Å². The number of rotatable bonds is 4. The van der Waals surface area contributed by atoms with Gasteiger partial charge in [0.05, 0.1) is 28.1 Å². The lowest BCUT2D eigenvalue weighted by atomic mass is 9.88. The van der Waals surface area contributed by atoms with E-state index in [9.17, 15) is 0 Å². The van der Waals surface area contributed by atoms with Gasteiger partial charge in [-0.25, -0.2) is 9.98 Å². The minimum atomic E-state index is 0.0110. The van der Waals surface area contributed by atoms with Gasteiger partial charge in [0.25, 0.3) is 0 Å². The first-order chi connectivity index (χ1) is 21.9. The Labute approximate surface area is 262 Å². The van der Waals surface area contributed by atoms with Crippen molar-refractivity contribution >= 4 is 45.2 Å². The van der Waals surface area contributed by atoms with Crippen molar-refractivity contribution in [2.24, 2.45) is 4.99 Å². The van der Waals surface area contributed by atoms with Crippen LogP contribution in [0, 0.1) is 0 Å². The van der Waals surface area contributed by atoms with Gasteiger partial charge in [-0.2, -0.15) is 0 Å². The predicted molar refractivity (Wildman–Crippen MR) is 186 cm³/mol. The molecule has 0 spiro atoms. The maximum atomic E-state index is 6.56. The molecule has 5 aromatic carbocycles. The average molecular weight is 585 g/mol.